The zero-order valence-corrected chi connectivity index (χ0v) is 15.2. The van der Waals surface area contributed by atoms with Crippen molar-refractivity contribution in [2.24, 2.45) is 10.8 Å². The van der Waals surface area contributed by atoms with Crippen LogP contribution in [0, 0.1) is 10.8 Å². The number of carboxylic acids is 1. The molecule has 1 saturated carbocycles. The highest BCUT2D eigenvalue weighted by Crippen LogP contribution is 2.49. The van der Waals surface area contributed by atoms with Gasteiger partial charge in [0, 0.05) is 5.41 Å². The Morgan fingerprint density at radius 2 is 1.54 bits per heavy atom. The van der Waals surface area contributed by atoms with E-state index in [4.69, 9.17) is 0 Å². The first-order valence-electron chi connectivity index (χ1n) is 9.07. The van der Waals surface area contributed by atoms with Gasteiger partial charge in [-0.2, -0.15) is 0 Å². The largest absolute Gasteiger partial charge is 0.481 e. The number of benzene rings is 1. The van der Waals surface area contributed by atoms with Crippen LogP contribution in [0.3, 0.4) is 0 Å². The fourth-order valence-corrected chi connectivity index (χ4v) is 3.14. The average molecular weight is 330 g/mol. The lowest BCUT2D eigenvalue weighted by Gasteiger charge is -2.20. The first-order chi connectivity index (χ1) is 11.3. The van der Waals surface area contributed by atoms with Crippen LogP contribution in [0.25, 0.3) is 0 Å². The maximum atomic E-state index is 11.5. The standard InChI is InChI=1S/C21H30O3/c1-16(22)20(2,3)12-4-6-17-8-10-18(11-9-17)7-5-13-21(14-15-21)19(23)24/h8-11H,4-7,12-15H2,1-3H3,(H,23,24). The van der Waals surface area contributed by atoms with Gasteiger partial charge < -0.3 is 5.11 Å². The van der Waals surface area contributed by atoms with Crippen molar-refractivity contribution in [1.29, 1.82) is 0 Å². The molecule has 1 aromatic carbocycles. The SMILES string of the molecule is CC(=O)C(C)(C)CCCc1ccc(CCCC2(C(=O)O)CC2)cc1. The Balaban J connectivity index is 1.73. The number of ketones is 1. The minimum Gasteiger partial charge on any atom is -0.481 e. The fourth-order valence-electron chi connectivity index (χ4n) is 3.14. The van der Waals surface area contributed by atoms with Crippen LogP contribution in [0.15, 0.2) is 24.3 Å². The van der Waals surface area contributed by atoms with Gasteiger partial charge in [0.1, 0.15) is 5.78 Å². The summed E-state index contributed by atoms with van der Waals surface area (Å²) >= 11 is 0. The molecule has 1 fully saturated rings. The molecule has 1 aliphatic rings. The third-order valence-electron chi connectivity index (χ3n) is 5.67. The third-order valence-corrected chi connectivity index (χ3v) is 5.67. The summed E-state index contributed by atoms with van der Waals surface area (Å²) < 4.78 is 0. The molecule has 3 nitrogen and oxygen atoms in total. The summed E-state index contributed by atoms with van der Waals surface area (Å²) in [5, 5.41) is 9.19. The Morgan fingerprint density at radius 1 is 1.04 bits per heavy atom. The molecule has 2 rings (SSSR count). The number of rotatable bonds is 10. The van der Waals surface area contributed by atoms with Crippen molar-refractivity contribution >= 4 is 11.8 Å². The predicted molar refractivity (Wildman–Crippen MR) is 96.1 cm³/mol. The highest BCUT2D eigenvalue weighted by molar-refractivity contribution is 5.81. The molecule has 1 N–H and O–H groups in total. The minimum absolute atomic E-state index is 0.219. The van der Waals surface area contributed by atoms with Crippen LogP contribution in [-0.4, -0.2) is 16.9 Å². The van der Waals surface area contributed by atoms with Crippen molar-refractivity contribution in [3.8, 4) is 0 Å². The van der Waals surface area contributed by atoms with Crippen LogP contribution < -0.4 is 0 Å². The molecule has 1 aliphatic carbocycles. The van der Waals surface area contributed by atoms with E-state index in [0.29, 0.717) is 0 Å². The highest BCUT2D eigenvalue weighted by atomic mass is 16.4. The lowest BCUT2D eigenvalue weighted by atomic mass is 9.83. The Bertz CT molecular complexity index is 539. The maximum absolute atomic E-state index is 11.5. The van der Waals surface area contributed by atoms with Crippen LogP contribution in [0.2, 0.25) is 0 Å². The van der Waals surface area contributed by atoms with E-state index in [0.717, 1.165) is 51.4 Å². The van der Waals surface area contributed by atoms with E-state index < -0.39 is 11.4 Å². The lowest BCUT2D eigenvalue weighted by molar-refractivity contribution is -0.143. The summed E-state index contributed by atoms with van der Waals surface area (Å²) in [6.45, 7) is 5.70. The van der Waals surface area contributed by atoms with Gasteiger partial charge in [-0.3, -0.25) is 9.59 Å². The van der Waals surface area contributed by atoms with E-state index in [1.165, 1.54) is 11.1 Å². The molecule has 24 heavy (non-hydrogen) atoms. The molecule has 0 saturated heterocycles. The second-order valence-corrected chi connectivity index (χ2v) is 8.05. The van der Waals surface area contributed by atoms with E-state index >= 15 is 0 Å². The second-order valence-electron chi connectivity index (χ2n) is 8.05. The molecule has 0 spiro atoms. The van der Waals surface area contributed by atoms with Gasteiger partial charge in [0.15, 0.2) is 0 Å². The monoisotopic (exact) mass is 330 g/mol. The summed E-state index contributed by atoms with van der Waals surface area (Å²) in [7, 11) is 0. The minimum atomic E-state index is -0.619. The topological polar surface area (TPSA) is 54.4 Å². The maximum Gasteiger partial charge on any atom is 0.309 e. The summed E-state index contributed by atoms with van der Waals surface area (Å²) in [6, 6.07) is 8.65. The van der Waals surface area contributed by atoms with E-state index in [1.54, 1.807) is 6.92 Å². The average Bonchev–Trinajstić information content (AvgIpc) is 3.30. The van der Waals surface area contributed by atoms with Crippen LogP contribution >= 0.6 is 0 Å². The number of aliphatic carboxylic acids is 1. The van der Waals surface area contributed by atoms with Gasteiger partial charge >= 0.3 is 5.97 Å². The Morgan fingerprint density at radius 3 is 1.96 bits per heavy atom. The van der Waals surface area contributed by atoms with Crippen LogP contribution in [0.1, 0.15) is 70.4 Å². The van der Waals surface area contributed by atoms with Crippen LogP contribution in [-0.2, 0) is 22.4 Å². The molecule has 132 valence electrons. The quantitative estimate of drug-likeness (QED) is 0.669. The number of carbonyl (C=O) groups is 2. The Kier molecular flexibility index (Phi) is 5.84. The molecule has 0 bridgehead atoms. The summed E-state index contributed by atoms with van der Waals surface area (Å²) in [6.07, 6.45) is 7.32. The van der Waals surface area contributed by atoms with Gasteiger partial charge in [-0.05, 0) is 69.4 Å². The van der Waals surface area contributed by atoms with Crippen molar-refractivity contribution in [2.75, 3.05) is 0 Å². The van der Waals surface area contributed by atoms with Gasteiger partial charge in [-0.1, -0.05) is 38.1 Å². The van der Waals surface area contributed by atoms with E-state index in [2.05, 4.69) is 24.3 Å². The lowest BCUT2D eigenvalue weighted by Crippen LogP contribution is -2.21. The van der Waals surface area contributed by atoms with E-state index in [-0.39, 0.29) is 11.2 Å². The van der Waals surface area contributed by atoms with Gasteiger partial charge in [-0.25, -0.2) is 0 Å². The summed E-state index contributed by atoms with van der Waals surface area (Å²) in [5.41, 5.74) is 1.97. The van der Waals surface area contributed by atoms with E-state index in [1.807, 2.05) is 13.8 Å². The van der Waals surface area contributed by atoms with E-state index in [9.17, 15) is 14.7 Å². The summed E-state index contributed by atoms with van der Waals surface area (Å²) in [4.78, 5) is 22.7. The third kappa shape index (κ3) is 4.93. The molecular weight excluding hydrogens is 300 g/mol. The van der Waals surface area contributed by atoms with Crippen LogP contribution in [0.4, 0.5) is 0 Å². The molecule has 0 aromatic heterocycles. The van der Waals surface area contributed by atoms with Gasteiger partial charge in [0.05, 0.1) is 5.41 Å². The van der Waals surface area contributed by atoms with Gasteiger partial charge in [0.2, 0.25) is 0 Å². The van der Waals surface area contributed by atoms with Gasteiger partial charge in [-0.15, -0.1) is 0 Å². The second kappa shape index (κ2) is 7.50. The van der Waals surface area contributed by atoms with Crippen molar-refractivity contribution in [2.45, 2.75) is 72.1 Å². The molecule has 0 amide bonds. The zero-order chi connectivity index (χ0) is 17.8. The number of hydrogen-bond donors (Lipinski definition) is 1. The smallest absolute Gasteiger partial charge is 0.309 e. The zero-order valence-electron chi connectivity index (χ0n) is 15.2. The fraction of sp³-hybridized carbons (Fsp3) is 0.619. The molecule has 0 atom stereocenters. The van der Waals surface area contributed by atoms with Crippen molar-refractivity contribution in [3.63, 3.8) is 0 Å². The number of carbonyl (C=O) groups excluding carboxylic acids is 1. The highest BCUT2D eigenvalue weighted by Gasteiger charge is 2.49. The molecule has 0 unspecified atom stereocenters. The summed E-state index contributed by atoms with van der Waals surface area (Å²) in [5.74, 6) is -0.362. The van der Waals surface area contributed by atoms with Gasteiger partial charge in [0.25, 0.3) is 0 Å². The Labute approximate surface area is 145 Å². The first-order valence-corrected chi connectivity index (χ1v) is 9.07. The number of hydrogen-bond acceptors (Lipinski definition) is 2. The molecule has 1 aromatic rings. The van der Waals surface area contributed by atoms with Crippen LogP contribution in [0.5, 0.6) is 0 Å². The van der Waals surface area contributed by atoms with Crippen molar-refractivity contribution in [3.05, 3.63) is 35.4 Å². The number of aryl methyl sites for hydroxylation is 2. The molecule has 0 heterocycles. The first kappa shape index (κ1) is 18.7. The molecule has 3 heteroatoms. The molecule has 0 radical (unpaired) electrons. The number of carboxylic acid groups (broad SMARTS) is 1. The molecule has 0 aliphatic heterocycles. The van der Waals surface area contributed by atoms with Crippen molar-refractivity contribution < 1.29 is 14.7 Å². The normalized spacial score (nSPS) is 16.0. The Hall–Kier alpha value is -1.64. The molecular formula is C21H30O3. The van der Waals surface area contributed by atoms with Crippen molar-refractivity contribution in [1.82, 2.24) is 0 Å². The predicted octanol–water partition coefficient (Wildman–Crippen LogP) is 4.81. The number of Topliss-reactive ketones (excluding diaryl/α,β-unsaturated/α-hetero) is 1.